The van der Waals surface area contributed by atoms with Gasteiger partial charge in [-0.05, 0) is 0 Å². The Kier molecular flexibility index (Phi) is 287. The average Bonchev–Trinajstić information content (AvgIpc) is 1.00. The first-order chi connectivity index (χ1) is 1.00. The van der Waals surface area contributed by atoms with E-state index in [0.717, 1.165) is 0 Å². The third-order valence-electron chi connectivity index (χ3n) is 0. The summed E-state index contributed by atoms with van der Waals surface area (Å²) in [6, 6.07) is 0. The first kappa shape index (κ1) is 22.0. The molecule has 0 aromatic carbocycles. The maximum absolute atomic E-state index is 4.20. The van der Waals surface area contributed by atoms with Gasteiger partial charge in [-0.25, -0.2) is 0 Å². The molecule has 0 atom stereocenters. The first-order valence-corrected chi connectivity index (χ1v) is 1.41. The van der Waals surface area contributed by atoms with Gasteiger partial charge in [0.1, 0.15) is 0 Å². The van der Waals surface area contributed by atoms with E-state index >= 15 is 0 Å². The fourth-order valence-electron chi connectivity index (χ4n) is 0. The zero-order chi connectivity index (χ0) is 2.00. The summed E-state index contributed by atoms with van der Waals surface area (Å²) in [5.41, 5.74) is 0. The fraction of sp³-hybridized carbons (Fsp3) is 0. The van der Waals surface area contributed by atoms with E-state index < -0.39 is 0 Å². The van der Waals surface area contributed by atoms with E-state index in [9.17, 15) is 0 Å². The van der Waals surface area contributed by atoms with Crippen molar-refractivity contribution in [2.24, 2.45) is 0 Å². The molecule has 0 spiro atoms. The van der Waals surface area contributed by atoms with Crippen LogP contribution in [0, 0.1) is 0 Å². The molecule has 0 aliphatic rings. The van der Waals surface area contributed by atoms with Crippen molar-refractivity contribution in [2.75, 3.05) is 0 Å². The van der Waals surface area contributed by atoms with Gasteiger partial charge in [0.25, 0.3) is 0 Å². The second-order valence-corrected chi connectivity index (χ2v) is 0. The van der Waals surface area contributed by atoms with Crippen molar-refractivity contribution < 1.29 is 15.1 Å². The average molecular weight is 131 g/mol. The van der Waals surface area contributed by atoms with Crippen LogP contribution in [0.15, 0.2) is 0 Å². The van der Waals surface area contributed by atoms with Crippen LogP contribution in [0.25, 0.3) is 12.3 Å². The van der Waals surface area contributed by atoms with Gasteiger partial charge in [0.05, 0.1) is 0 Å². The van der Waals surface area contributed by atoms with Gasteiger partial charge in [0, 0.05) is 0 Å². The Morgan fingerprint density at radius 1 is 1.00 bits per heavy atom. The second-order valence-electron chi connectivity index (χ2n) is 0. The van der Waals surface area contributed by atoms with Gasteiger partial charge in [0.2, 0.25) is 0 Å². The summed E-state index contributed by atoms with van der Waals surface area (Å²) in [4.78, 5) is 0. The minimum absolute atomic E-state index is 0. The Hall–Kier alpha value is 0.729. The van der Waals surface area contributed by atoms with E-state index in [1.165, 1.54) is 0 Å². The minimum atomic E-state index is 0. The summed E-state index contributed by atoms with van der Waals surface area (Å²) in [6.07, 6.45) is 0. The summed E-state index contributed by atoms with van der Waals surface area (Å²) >= 11 is 3.66. The zero-order valence-corrected chi connectivity index (χ0v) is 3.53. The molecule has 0 radical (unpaired) electrons. The van der Waals surface area contributed by atoms with E-state index in [2.05, 4.69) is 25.2 Å². The van der Waals surface area contributed by atoms with Gasteiger partial charge < -0.3 is 12.3 Å². The van der Waals surface area contributed by atoms with Crippen LogP contribution in [-0.2, 0) is 15.1 Å². The van der Waals surface area contributed by atoms with Gasteiger partial charge in [-0.1, -0.05) is 0 Å². The van der Waals surface area contributed by atoms with E-state index in [1.807, 2.05) is 0 Å². The van der Waals surface area contributed by atoms with Gasteiger partial charge >= 0.3 is 25.2 Å². The van der Waals surface area contributed by atoms with Crippen LogP contribution in [0.4, 0.5) is 0 Å². The number of nitrogens with two attached hydrogens (primary N) is 2. The molecular weight excluding hydrogens is 127 g/mol. The quantitative estimate of drug-likeness (QED) is 0.452. The normalized spacial score (nSPS) is 1.75. The van der Waals surface area contributed by atoms with Gasteiger partial charge in [-0.2, -0.15) is 0 Å². The molecule has 0 unspecified atom stereocenters. The molecule has 2 nitrogen and oxygen atoms in total. The molecule has 4 heteroatoms. The maximum Gasteiger partial charge on any atom is -0.693 e. The molecule has 0 heterocycles. The van der Waals surface area contributed by atoms with Crippen LogP contribution >= 0.6 is 10.1 Å². The van der Waals surface area contributed by atoms with Crippen LogP contribution in [0.1, 0.15) is 0 Å². The molecule has 0 bridgehead atoms. The second kappa shape index (κ2) is 52.2. The summed E-state index contributed by atoms with van der Waals surface area (Å²) in [6.45, 7) is 0. The summed E-state index contributed by atoms with van der Waals surface area (Å²) in [7, 11) is 4.20. The Bertz CT molecular complexity index is 6.00. The standard InChI is InChI=1S/ClH.Cu.2H2N/h1H;;2*1H2/q;+1;2*-1/p-1. The molecule has 0 saturated heterocycles. The Morgan fingerprint density at radius 3 is 1.00 bits per heavy atom. The number of rotatable bonds is 0. The molecule has 0 aliphatic carbocycles. The van der Waals surface area contributed by atoms with Crippen LogP contribution in [0.3, 0.4) is 0 Å². The third-order valence-corrected chi connectivity index (χ3v) is 0. The van der Waals surface area contributed by atoms with Crippen molar-refractivity contribution in [3.8, 4) is 0 Å². The van der Waals surface area contributed by atoms with Gasteiger partial charge in [0.15, 0.2) is 0 Å². The predicted octanol–water partition coefficient (Wildman–Crippen LogP) is 2.12. The molecule has 0 aliphatic heterocycles. The number of hydrogen-bond acceptors (Lipinski definition) is 0. The first-order valence-electron chi connectivity index (χ1n) is 0.114. The fourth-order valence-corrected chi connectivity index (χ4v) is 0. The monoisotopic (exact) mass is 130 g/mol. The van der Waals surface area contributed by atoms with Crippen molar-refractivity contribution in [2.45, 2.75) is 0 Å². The van der Waals surface area contributed by atoms with E-state index in [1.54, 1.807) is 0 Å². The summed E-state index contributed by atoms with van der Waals surface area (Å²) in [5, 5.41) is 0. The number of hydrogen-bond donors (Lipinski definition) is 0. The van der Waals surface area contributed by atoms with Crippen molar-refractivity contribution >= 4 is 10.1 Å². The van der Waals surface area contributed by atoms with Crippen LogP contribution < -0.4 is 0 Å². The third kappa shape index (κ3) is 15.3. The van der Waals surface area contributed by atoms with E-state index in [0.29, 0.717) is 0 Å². The van der Waals surface area contributed by atoms with Crippen molar-refractivity contribution in [3.63, 3.8) is 0 Å². The SMILES string of the molecule is [Cl][Cu].[NH2-].[NH2-]. The number of halogens is 1. The molecule has 4 heavy (non-hydrogen) atoms. The topological polar surface area (TPSA) is 67.0 Å². The van der Waals surface area contributed by atoms with Crippen molar-refractivity contribution in [1.82, 2.24) is 0 Å². The van der Waals surface area contributed by atoms with Gasteiger partial charge in [-0.3, -0.25) is 0 Å². The van der Waals surface area contributed by atoms with Crippen molar-refractivity contribution in [1.29, 1.82) is 0 Å². The minimum Gasteiger partial charge on any atom is -0.693 e. The maximum atomic E-state index is 4.20. The molecule has 4 N–H and O–H groups in total. The molecule has 0 aromatic heterocycles. The van der Waals surface area contributed by atoms with Crippen LogP contribution in [0.5, 0.6) is 0 Å². The van der Waals surface area contributed by atoms with Crippen molar-refractivity contribution in [3.05, 3.63) is 12.3 Å². The molecule has 34 valence electrons. The molecule has 0 amide bonds. The molecule has 0 saturated carbocycles. The Morgan fingerprint density at radius 2 is 1.00 bits per heavy atom. The Balaban J connectivity index is -0.00000000500. The van der Waals surface area contributed by atoms with Crippen LogP contribution in [-0.4, -0.2) is 0 Å². The summed E-state index contributed by atoms with van der Waals surface area (Å²) < 4.78 is 0. The molecular formula is H4ClCuN2-2. The largest absolute Gasteiger partial charge is 0.693 e. The van der Waals surface area contributed by atoms with Crippen LogP contribution in [0.2, 0.25) is 0 Å². The smallest absolute Gasteiger partial charge is 0.693 e. The molecule has 0 aromatic rings. The van der Waals surface area contributed by atoms with E-state index in [-0.39, 0.29) is 12.3 Å². The Labute approximate surface area is 38.1 Å². The summed E-state index contributed by atoms with van der Waals surface area (Å²) in [5.74, 6) is 0. The van der Waals surface area contributed by atoms with Gasteiger partial charge in [-0.15, -0.1) is 0 Å². The molecule has 0 rings (SSSR count). The predicted molar refractivity (Wildman–Crippen MR) is 16.4 cm³/mol. The zero-order valence-electron chi connectivity index (χ0n) is 1.83. The molecule has 0 fully saturated rings. The van der Waals surface area contributed by atoms with E-state index in [4.69, 9.17) is 0 Å².